The Labute approximate surface area is 136 Å². The number of rotatable bonds is 5. The Morgan fingerprint density at radius 3 is 1.91 bits per heavy atom. The first-order chi connectivity index (χ1) is 11.0. The van der Waals surface area contributed by atoms with Gasteiger partial charge in [-0.25, -0.2) is 8.78 Å². The number of halogens is 3. The van der Waals surface area contributed by atoms with Crippen LogP contribution in [0.3, 0.4) is 0 Å². The summed E-state index contributed by atoms with van der Waals surface area (Å²) in [5, 5.41) is 5.64. The largest absolute Gasteiger partial charge is 0.350 e. The molecule has 0 saturated carbocycles. The lowest BCUT2D eigenvalue weighted by atomic mass is 10.2. The average Bonchev–Trinajstić information content (AvgIpc) is 2.54. The van der Waals surface area contributed by atoms with Crippen molar-refractivity contribution in [1.29, 1.82) is 0 Å². The third-order valence-electron chi connectivity index (χ3n) is 2.98. The van der Waals surface area contributed by atoms with Gasteiger partial charge >= 0.3 is 0 Å². The summed E-state index contributed by atoms with van der Waals surface area (Å²) in [5.74, 6) is -2.96. The number of carbonyl (C=O) groups is 2. The molecule has 0 aliphatic carbocycles. The van der Waals surface area contributed by atoms with Crippen LogP contribution in [0.5, 0.6) is 0 Å². The van der Waals surface area contributed by atoms with Crippen molar-refractivity contribution >= 4 is 23.4 Å². The predicted molar refractivity (Wildman–Crippen MR) is 82.5 cm³/mol. The molecule has 0 aliphatic rings. The fourth-order valence-electron chi connectivity index (χ4n) is 1.79. The summed E-state index contributed by atoms with van der Waals surface area (Å²) in [5.41, 5.74) is 0.453. The zero-order chi connectivity index (χ0) is 16.8. The van der Waals surface area contributed by atoms with Crippen LogP contribution < -0.4 is 10.6 Å². The van der Waals surface area contributed by atoms with Crippen molar-refractivity contribution in [1.82, 2.24) is 10.6 Å². The van der Waals surface area contributed by atoms with E-state index >= 15 is 0 Å². The van der Waals surface area contributed by atoms with Gasteiger partial charge in [-0.3, -0.25) is 9.59 Å². The molecular weight excluding hydrogens is 326 g/mol. The maximum atomic E-state index is 13.0. The minimum atomic E-state index is -1.09. The molecule has 0 atom stereocenters. The smallest absolute Gasteiger partial charge is 0.251 e. The van der Waals surface area contributed by atoms with E-state index in [9.17, 15) is 18.4 Å². The highest BCUT2D eigenvalue weighted by Gasteiger charge is 2.09. The van der Waals surface area contributed by atoms with Gasteiger partial charge in [0.2, 0.25) is 0 Å². The highest BCUT2D eigenvalue weighted by atomic mass is 35.5. The van der Waals surface area contributed by atoms with Gasteiger partial charge in [0.05, 0.1) is 0 Å². The molecule has 0 spiro atoms. The van der Waals surface area contributed by atoms with Gasteiger partial charge in [0, 0.05) is 29.2 Å². The molecule has 0 saturated heterocycles. The van der Waals surface area contributed by atoms with Crippen LogP contribution in [0.15, 0.2) is 42.5 Å². The van der Waals surface area contributed by atoms with Gasteiger partial charge in [0.25, 0.3) is 11.8 Å². The summed E-state index contributed by atoms with van der Waals surface area (Å²) in [7, 11) is 0. The Morgan fingerprint density at radius 2 is 1.35 bits per heavy atom. The summed E-state index contributed by atoms with van der Waals surface area (Å²) in [6, 6.07) is 9.24. The second kappa shape index (κ2) is 7.69. The second-order valence-electron chi connectivity index (χ2n) is 4.65. The lowest BCUT2D eigenvalue weighted by molar-refractivity contribution is 0.0927. The van der Waals surface area contributed by atoms with E-state index in [1.165, 1.54) is 6.07 Å². The maximum Gasteiger partial charge on any atom is 0.251 e. The van der Waals surface area contributed by atoms with Crippen molar-refractivity contribution < 1.29 is 18.4 Å². The molecule has 0 unspecified atom stereocenters. The molecule has 0 aliphatic heterocycles. The first-order valence-corrected chi connectivity index (χ1v) is 7.12. The van der Waals surface area contributed by atoms with Crippen molar-refractivity contribution in [3.8, 4) is 0 Å². The molecule has 2 aromatic rings. The topological polar surface area (TPSA) is 58.2 Å². The number of carbonyl (C=O) groups excluding carboxylic acids is 2. The molecule has 0 radical (unpaired) electrons. The van der Waals surface area contributed by atoms with Crippen LogP contribution in [0.2, 0.25) is 5.02 Å². The molecule has 2 N–H and O–H groups in total. The fraction of sp³-hybridized carbons (Fsp3) is 0.125. The molecule has 2 aromatic carbocycles. The average molecular weight is 339 g/mol. The van der Waals surface area contributed by atoms with Gasteiger partial charge in [-0.1, -0.05) is 11.6 Å². The maximum absolute atomic E-state index is 13.0. The van der Waals surface area contributed by atoms with Crippen LogP contribution in [0, 0.1) is 11.6 Å². The Balaban J connectivity index is 1.78. The molecule has 7 heteroatoms. The molecular formula is C16H13ClF2N2O2. The molecule has 0 aromatic heterocycles. The minimum Gasteiger partial charge on any atom is -0.350 e. The summed E-state index contributed by atoms with van der Waals surface area (Å²) in [4.78, 5) is 23.5. The number of nitrogens with one attached hydrogen (secondary N) is 2. The van der Waals surface area contributed by atoms with Gasteiger partial charge in [0.1, 0.15) is 0 Å². The highest BCUT2D eigenvalue weighted by molar-refractivity contribution is 6.30. The van der Waals surface area contributed by atoms with Gasteiger partial charge in [0.15, 0.2) is 11.6 Å². The zero-order valence-electron chi connectivity index (χ0n) is 11.9. The Kier molecular flexibility index (Phi) is 5.65. The zero-order valence-corrected chi connectivity index (χ0v) is 12.7. The summed E-state index contributed by atoms with van der Waals surface area (Å²) in [6.07, 6.45) is 0. The summed E-state index contributed by atoms with van der Waals surface area (Å²) >= 11 is 5.73. The van der Waals surface area contributed by atoms with Crippen LogP contribution >= 0.6 is 11.6 Å². The second-order valence-corrected chi connectivity index (χ2v) is 5.08. The Morgan fingerprint density at radius 1 is 0.826 bits per heavy atom. The summed E-state index contributed by atoms with van der Waals surface area (Å²) < 4.78 is 25.8. The molecule has 2 rings (SSSR count). The third-order valence-corrected chi connectivity index (χ3v) is 3.24. The molecule has 120 valence electrons. The molecule has 0 fully saturated rings. The van der Waals surface area contributed by atoms with Crippen molar-refractivity contribution in [2.24, 2.45) is 0 Å². The Hall–Kier alpha value is -2.47. The van der Waals surface area contributed by atoms with E-state index in [-0.39, 0.29) is 24.6 Å². The SMILES string of the molecule is O=C(NCCNC(=O)c1ccc(F)c(F)c1)c1ccc(Cl)cc1. The van der Waals surface area contributed by atoms with Crippen molar-refractivity contribution in [2.45, 2.75) is 0 Å². The van der Waals surface area contributed by atoms with Gasteiger partial charge in [-0.2, -0.15) is 0 Å². The molecule has 2 amide bonds. The van der Waals surface area contributed by atoms with E-state index in [0.717, 1.165) is 12.1 Å². The quantitative estimate of drug-likeness (QED) is 0.824. The normalized spacial score (nSPS) is 10.2. The van der Waals surface area contributed by atoms with Gasteiger partial charge < -0.3 is 10.6 Å². The van der Waals surface area contributed by atoms with E-state index in [4.69, 9.17) is 11.6 Å². The monoisotopic (exact) mass is 338 g/mol. The van der Waals surface area contributed by atoms with Crippen LogP contribution in [0.25, 0.3) is 0 Å². The van der Waals surface area contributed by atoms with Crippen LogP contribution in [0.1, 0.15) is 20.7 Å². The number of hydrogen-bond acceptors (Lipinski definition) is 2. The predicted octanol–water partition coefficient (Wildman–Crippen LogP) is 2.78. The van der Waals surface area contributed by atoms with Crippen molar-refractivity contribution in [3.63, 3.8) is 0 Å². The van der Waals surface area contributed by atoms with Crippen LogP contribution in [0.4, 0.5) is 8.78 Å². The fourth-order valence-corrected chi connectivity index (χ4v) is 1.92. The lowest BCUT2D eigenvalue weighted by Gasteiger charge is -2.07. The van der Waals surface area contributed by atoms with E-state index in [2.05, 4.69) is 10.6 Å². The number of hydrogen-bond donors (Lipinski definition) is 2. The number of benzene rings is 2. The number of amides is 2. The minimum absolute atomic E-state index is 0.00734. The first kappa shape index (κ1) is 16.9. The highest BCUT2D eigenvalue weighted by Crippen LogP contribution is 2.09. The van der Waals surface area contributed by atoms with E-state index in [1.807, 2.05) is 0 Å². The van der Waals surface area contributed by atoms with Gasteiger partial charge in [-0.05, 0) is 42.5 Å². The molecule has 4 nitrogen and oxygen atoms in total. The van der Waals surface area contributed by atoms with E-state index in [0.29, 0.717) is 10.6 Å². The van der Waals surface area contributed by atoms with Crippen LogP contribution in [-0.4, -0.2) is 24.9 Å². The lowest BCUT2D eigenvalue weighted by Crippen LogP contribution is -2.34. The molecule has 0 bridgehead atoms. The summed E-state index contributed by atoms with van der Waals surface area (Å²) in [6.45, 7) is 0.341. The molecule has 0 heterocycles. The van der Waals surface area contributed by atoms with E-state index in [1.54, 1.807) is 24.3 Å². The van der Waals surface area contributed by atoms with E-state index < -0.39 is 17.5 Å². The van der Waals surface area contributed by atoms with Crippen molar-refractivity contribution in [2.75, 3.05) is 13.1 Å². The first-order valence-electron chi connectivity index (χ1n) is 6.74. The third kappa shape index (κ3) is 4.75. The molecule has 23 heavy (non-hydrogen) atoms. The van der Waals surface area contributed by atoms with Gasteiger partial charge in [-0.15, -0.1) is 0 Å². The standard InChI is InChI=1S/C16H13ClF2N2O2/c17-12-4-1-10(2-5-12)15(22)20-7-8-21-16(23)11-3-6-13(18)14(19)9-11/h1-6,9H,7-8H2,(H,20,22)(H,21,23). The Bertz CT molecular complexity index is 721. The van der Waals surface area contributed by atoms with Crippen molar-refractivity contribution in [3.05, 3.63) is 70.2 Å². The van der Waals surface area contributed by atoms with Crippen LogP contribution in [-0.2, 0) is 0 Å².